The van der Waals surface area contributed by atoms with E-state index in [1.165, 1.54) is 0 Å². The summed E-state index contributed by atoms with van der Waals surface area (Å²) in [4.78, 5) is 0. The first-order chi connectivity index (χ1) is 4.89. The van der Waals surface area contributed by atoms with Crippen LogP contribution in [0.25, 0.3) is 0 Å². The summed E-state index contributed by atoms with van der Waals surface area (Å²) in [7, 11) is 0. The van der Waals surface area contributed by atoms with Gasteiger partial charge in [0.05, 0.1) is 0 Å². The first-order valence-corrected chi connectivity index (χ1v) is 3.62. The fraction of sp³-hybridized carbons (Fsp3) is 0.333. The zero-order valence-corrected chi connectivity index (χ0v) is 6.54. The van der Waals surface area contributed by atoms with E-state index in [1.54, 1.807) is 12.2 Å². The minimum Gasteiger partial charge on any atom is -0.508 e. The molecule has 0 bridgehead atoms. The van der Waals surface area contributed by atoms with E-state index in [4.69, 9.17) is 5.11 Å². The van der Waals surface area contributed by atoms with Crippen molar-refractivity contribution in [3.8, 4) is 0 Å². The summed E-state index contributed by atoms with van der Waals surface area (Å²) in [6.45, 7) is 4.00. The van der Waals surface area contributed by atoms with Crippen LogP contribution in [0.15, 0.2) is 36.1 Å². The molecule has 1 aliphatic carbocycles. The minimum atomic E-state index is 0. The van der Waals surface area contributed by atoms with Gasteiger partial charge in [0, 0.05) is 1.43 Å². The monoisotopic (exact) mass is 140 g/mol. The zero-order valence-electron chi connectivity index (χ0n) is 6.54. The molecule has 1 rings (SSSR count). The highest BCUT2D eigenvalue weighted by molar-refractivity contribution is 5.21. The fourth-order valence-corrected chi connectivity index (χ4v) is 0.568. The van der Waals surface area contributed by atoms with Crippen LogP contribution < -0.4 is 0 Å². The van der Waals surface area contributed by atoms with Gasteiger partial charge in [0.25, 0.3) is 0 Å². The Morgan fingerprint density at radius 1 is 1.40 bits per heavy atom. The van der Waals surface area contributed by atoms with Crippen LogP contribution in [-0.2, 0) is 0 Å². The number of aliphatic hydroxyl groups is 1. The van der Waals surface area contributed by atoms with Gasteiger partial charge >= 0.3 is 0 Å². The number of hydrogen-bond donors (Lipinski definition) is 1. The van der Waals surface area contributed by atoms with Crippen molar-refractivity contribution < 1.29 is 6.53 Å². The Labute approximate surface area is 63.9 Å². The highest BCUT2D eigenvalue weighted by Gasteiger charge is 1.83. The van der Waals surface area contributed by atoms with E-state index < -0.39 is 0 Å². The van der Waals surface area contributed by atoms with Crippen LogP contribution in [0.2, 0.25) is 0 Å². The average molecular weight is 140 g/mol. The normalized spacial score (nSPS) is 14.8. The van der Waals surface area contributed by atoms with Crippen LogP contribution in [0, 0.1) is 0 Å². The molecule has 0 aromatic carbocycles. The van der Waals surface area contributed by atoms with Crippen LogP contribution in [0.5, 0.6) is 0 Å². The molecular weight excluding hydrogens is 124 g/mol. The topological polar surface area (TPSA) is 20.2 Å². The second-order valence-electron chi connectivity index (χ2n) is 1.66. The molecule has 0 aliphatic heterocycles. The minimum absolute atomic E-state index is 0. The van der Waals surface area contributed by atoms with E-state index in [9.17, 15) is 0 Å². The maximum atomic E-state index is 8.81. The summed E-state index contributed by atoms with van der Waals surface area (Å²) in [5.41, 5.74) is 0. The molecule has 0 radical (unpaired) electrons. The molecule has 0 spiro atoms. The molecule has 0 atom stereocenters. The molecule has 1 aliphatic rings. The fourth-order valence-electron chi connectivity index (χ4n) is 0.568. The molecule has 0 heterocycles. The number of allylic oxidation sites excluding steroid dienone is 5. The molecule has 0 saturated heterocycles. The molecule has 1 nitrogen and oxygen atoms in total. The van der Waals surface area contributed by atoms with Gasteiger partial charge in [-0.1, -0.05) is 32.1 Å². The summed E-state index contributed by atoms with van der Waals surface area (Å²) in [6, 6.07) is 0. The molecule has 0 saturated carbocycles. The van der Waals surface area contributed by atoms with E-state index in [2.05, 4.69) is 0 Å². The van der Waals surface area contributed by atoms with Crippen molar-refractivity contribution in [3.05, 3.63) is 36.1 Å². The van der Waals surface area contributed by atoms with Crippen molar-refractivity contribution in [1.82, 2.24) is 0 Å². The molecular formula is C9H16O. The first kappa shape index (κ1) is 9.02. The summed E-state index contributed by atoms with van der Waals surface area (Å²) >= 11 is 0. The lowest BCUT2D eigenvalue weighted by Crippen LogP contribution is -1.66. The Kier molecular flexibility index (Phi) is 5.54. The van der Waals surface area contributed by atoms with Crippen molar-refractivity contribution in [2.24, 2.45) is 0 Å². The molecule has 58 valence electrons. The first-order valence-electron chi connectivity index (χ1n) is 3.62. The Balaban J connectivity index is 0. The van der Waals surface area contributed by atoms with Crippen LogP contribution in [0.4, 0.5) is 0 Å². The van der Waals surface area contributed by atoms with Crippen LogP contribution >= 0.6 is 0 Å². The quantitative estimate of drug-likeness (QED) is 0.547. The SMILES string of the molecule is CC.OC1=CC=CCC=C1.[HH]. The van der Waals surface area contributed by atoms with E-state index in [1.807, 2.05) is 32.1 Å². The van der Waals surface area contributed by atoms with Crippen molar-refractivity contribution in [3.63, 3.8) is 0 Å². The maximum absolute atomic E-state index is 8.81. The largest absolute Gasteiger partial charge is 0.508 e. The van der Waals surface area contributed by atoms with Gasteiger partial charge in [-0.3, -0.25) is 0 Å². The zero-order chi connectivity index (χ0) is 7.82. The van der Waals surface area contributed by atoms with E-state index in [-0.39, 0.29) is 1.43 Å². The molecule has 0 aromatic rings. The molecule has 10 heavy (non-hydrogen) atoms. The van der Waals surface area contributed by atoms with Crippen LogP contribution in [-0.4, -0.2) is 5.11 Å². The smallest absolute Gasteiger partial charge is 0.115 e. The van der Waals surface area contributed by atoms with Crippen molar-refractivity contribution in [2.75, 3.05) is 0 Å². The van der Waals surface area contributed by atoms with Gasteiger partial charge in [0.1, 0.15) is 5.76 Å². The molecule has 1 N–H and O–H groups in total. The molecule has 0 amide bonds. The third kappa shape index (κ3) is 3.96. The number of hydrogen-bond acceptors (Lipinski definition) is 1. The lowest BCUT2D eigenvalue weighted by Gasteiger charge is -1.81. The van der Waals surface area contributed by atoms with Gasteiger partial charge in [0.15, 0.2) is 0 Å². The van der Waals surface area contributed by atoms with Gasteiger partial charge in [0.2, 0.25) is 0 Å². The van der Waals surface area contributed by atoms with Crippen molar-refractivity contribution >= 4 is 0 Å². The summed E-state index contributed by atoms with van der Waals surface area (Å²) in [5, 5.41) is 8.81. The lowest BCUT2D eigenvalue weighted by molar-refractivity contribution is 0.432. The second-order valence-corrected chi connectivity index (χ2v) is 1.66. The molecule has 1 heteroatoms. The van der Waals surface area contributed by atoms with Gasteiger partial charge in [-0.15, -0.1) is 0 Å². The summed E-state index contributed by atoms with van der Waals surface area (Å²) < 4.78 is 0. The number of rotatable bonds is 0. The standard InChI is InChI=1S/C7H8O.C2H6.H2/c8-7-5-3-1-2-4-6-7;1-2;/h1,3-6,8H,2H2;1-2H3;1H. The molecule has 0 fully saturated rings. The predicted octanol–water partition coefficient (Wildman–Crippen LogP) is 3.22. The molecule has 0 unspecified atom stereocenters. The Morgan fingerprint density at radius 3 is 2.80 bits per heavy atom. The Morgan fingerprint density at radius 2 is 2.10 bits per heavy atom. The lowest BCUT2D eigenvalue weighted by atomic mass is 10.4. The molecule has 0 aromatic heterocycles. The van der Waals surface area contributed by atoms with E-state index in [0.717, 1.165) is 6.42 Å². The van der Waals surface area contributed by atoms with Crippen LogP contribution in [0.3, 0.4) is 0 Å². The average Bonchev–Trinajstić information content (AvgIpc) is 2.21. The maximum Gasteiger partial charge on any atom is 0.115 e. The Hall–Kier alpha value is -0.980. The second kappa shape index (κ2) is 6.14. The third-order valence-electron chi connectivity index (χ3n) is 0.964. The van der Waals surface area contributed by atoms with Crippen LogP contribution in [0.1, 0.15) is 21.7 Å². The highest BCUT2D eigenvalue weighted by atomic mass is 16.3. The van der Waals surface area contributed by atoms with E-state index in [0.29, 0.717) is 5.76 Å². The predicted molar refractivity (Wildman–Crippen MR) is 47.1 cm³/mol. The Bertz CT molecular complexity index is 157. The third-order valence-corrected chi connectivity index (χ3v) is 0.964. The van der Waals surface area contributed by atoms with Gasteiger partial charge in [-0.05, 0) is 18.6 Å². The summed E-state index contributed by atoms with van der Waals surface area (Å²) in [5.74, 6) is 0.332. The van der Waals surface area contributed by atoms with Gasteiger partial charge < -0.3 is 5.11 Å². The highest BCUT2D eigenvalue weighted by Crippen LogP contribution is 1.99. The van der Waals surface area contributed by atoms with Crippen molar-refractivity contribution in [2.45, 2.75) is 20.3 Å². The van der Waals surface area contributed by atoms with Gasteiger partial charge in [-0.2, -0.15) is 0 Å². The summed E-state index contributed by atoms with van der Waals surface area (Å²) in [6.07, 6.45) is 10.0. The van der Waals surface area contributed by atoms with Gasteiger partial charge in [-0.25, -0.2) is 0 Å². The van der Waals surface area contributed by atoms with Crippen molar-refractivity contribution in [1.29, 1.82) is 0 Å². The van der Waals surface area contributed by atoms with E-state index >= 15 is 0 Å². The number of aliphatic hydroxyl groups excluding tert-OH is 1.